The van der Waals surface area contributed by atoms with Gasteiger partial charge >= 0.3 is 17.9 Å². The van der Waals surface area contributed by atoms with Gasteiger partial charge in [-0.3, -0.25) is 9.59 Å². The number of ether oxygens (including phenoxy) is 4. The van der Waals surface area contributed by atoms with Gasteiger partial charge in [-0.25, -0.2) is 4.79 Å². The summed E-state index contributed by atoms with van der Waals surface area (Å²) < 4.78 is 22.8. The number of carbonyl (C=O) groups excluding carboxylic acids is 2. The topological polar surface area (TPSA) is 108 Å². The molecule has 9 nitrogen and oxygen atoms in total. The highest BCUT2D eigenvalue weighted by molar-refractivity contribution is 5.71. The van der Waals surface area contributed by atoms with Crippen molar-refractivity contribution in [3.8, 4) is 0 Å². The molecule has 0 saturated heterocycles. The highest BCUT2D eigenvalue weighted by Crippen LogP contribution is 2.18. The van der Waals surface area contributed by atoms with Gasteiger partial charge in [0.1, 0.15) is 13.2 Å². The molecule has 2 atom stereocenters. The van der Waals surface area contributed by atoms with Gasteiger partial charge in [0.2, 0.25) is 0 Å². The fraction of sp³-hybridized carbons (Fsp3) is 0.828. The Balaban J connectivity index is 4.04. The lowest BCUT2D eigenvalue weighted by Crippen LogP contribution is -2.40. The number of rotatable bonds is 57. The molecule has 0 radical (unpaired) electrons. The van der Waals surface area contributed by atoms with Crippen molar-refractivity contribution in [1.82, 2.24) is 0 Å². The molecule has 0 aliphatic carbocycles. The number of hydrogen-bond donors (Lipinski definition) is 1. The van der Waals surface area contributed by atoms with E-state index < -0.39 is 24.3 Å². The number of nitrogens with zero attached hydrogens (tertiary/aromatic N) is 1. The number of esters is 2. The van der Waals surface area contributed by atoms with Gasteiger partial charge in [0, 0.05) is 12.8 Å². The van der Waals surface area contributed by atoms with Crippen LogP contribution in [0.4, 0.5) is 0 Å². The maximum atomic E-state index is 12.8. The Hall–Kier alpha value is -2.75. The van der Waals surface area contributed by atoms with Crippen molar-refractivity contribution in [2.75, 3.05) is 47.5 Å². The van der Waals surface area contributed by atoms with Crippen LogP contribution in [0.25, 0.3) is 0 Å². The van der Waals surface area contributed by atoms with Crippen LogP contribution in [0.5, 0.6) is 0 Å². The van der Waals surface area contributed by atoms with E-state index in [0.29, 0.717) is 23.9 Å². The van der Waals surface area contributed by atoms with Crippen molar-refractivity contribution in [2.45, 2.75) is 296 Å². The van der Waals surface area contributed by atoms with Crippen molar-refractivity contribution in [2.24, 2.45) is 0 Å². The molecule has 0 aromatic carbocycles. The van der Waals surface area contributed by atoms with Crippen molar-refractivity contribution in [3.05, 3.63) is 48.6 Å². The number of allylic oxidation sites excluding steroid dienone is 8. The summed E-state index contributed by atoms with van der Waals surface area (Å²) in [7, 11) is 5.95. The second-order valence-electron chi connectivity index (χ2n) is 22.0. The maximum absolute atomic E-state index is 12.8. The molecule has 0 bridgehead atoms. The number of hydrogen-bond acceptors (Lipinski definition) is 7. The second-order valence-corrected chi connectivity index (χ2v) is 22.0. The lowest BCUT2D eigenvalue weighted by Gasteiger charge is -2.25. The third-order valence-electron chi connectivity index (χ3n) is 13.6. The van der Waals surface area contributed by atoms with Crippen LogP contribution >= 0.6 is 0 Å². The molecule has 73 heavy (non-hydrogen) atoms. The predicted molar refractivity (Wildman–Crippen MR) is 309 cm³/mol. The zero-order valence-electron chi connectivity index (χ0n) is 48.6. The molecule has 426 valence electrons. The lowest BCUT2D eigenvalue weighted by molar-refractivity contribution is -0.870. The molecule has 0 heterocycles. The van der Waals surface area contributed by atoms with Crippen LogP contribution in [0, 0.1) is 0 Å². The zero-order valence-corrected chi connectivity index (χ0v) is 48.6. The Labute approximate surface area is 451 Å². The maximum Gasteiger partial charge on any atom is 0.361 e. The summed E-state index contributed by atoms with van der Waals surface area (Å²) in [5, 5.41) is 9.69. The first-order valence-corrected chi connectivity index (χ1v) is 30.8. The van der Waals surface area contributed by atoms with Crippen molar-refractivity contribution < 1.29 is 42.9 Å². The van der Waals surface area contributed by atoms with E-state index in [9.17, 15) is 19.5 Å². The molecule has 0 spiro atoms. The van der Waals surface area contributed by atoms with Crippen LogP contribution in [0.3, 0.4) is 0 Å². The molecule has 0 aromatic heterocycles. The Morgan fingerprint density at radius 1 is 0.425 bits per heavy atom. The van der Waals surface area contributed by atoms with Crippen LogP contribution in [0.2, 0.25) is 0 Å². The van der Waals surface area contributed by atoms with Gasteiger partial charge in [-0.2, -0.15) is 0 Å². The first kappa shape index (κ1) is 70.2. The molecule has 0 saturated carbocycles. The number of quaternary nitrogens is 1. The van der Waals surface area contributed by atoms with Gasteiger partial charge in [0.25, 0.3) is 6.29 Å². The standard InChI is InChI=1S/C64H117NO8/c1-6-8-10-12-14-16-18-20-22-23-24-25-26-27-28-29-30-31-32-33-34-35-36-37-38-39-41-42-44-46-48-50-52-54-61(66)71-58-60(59-72-64(63(68)69)70-57-56-65(3,4)5)73-62(67)55-53-51-49-47-45-43-40-21-19-17-15-13-11-9-7-2/h9,11,15,17,21,40,45,47,60,64H,6-8,10,12-14,16,18-20,22-39,41-44,46,48-59H2,1-5H3/p+1/b11-9-,17-15-,40-21-,47-45-. The number of unbranched alkanes of at least 4 members (excludes halogenated alkanes) is 34. The molecule has 0 fully saturated rings. The van der Waals surface area contributed by atoms with Crippen LogP contribution in [-0.2, 0) is 33.3 Å². The number of carboxylic acids is 1. The Kier molecular flexibility index (Phi) is 53.4. The highest BCUT2D eigenvalue weighted by Gasteiger charge is 2.25. The van der Waals surface area contributed by atoms with Crippen LogP contribution in [-0.4, -0.2) is 87.4 Å². The Bertz CT molecular complexity index is 1340. The first-order chi connectivity index (χ1) is 35.6. The third-order valence-corrected chi connectivity index (χ3v) is 13.6. The van der Waals surface area contributed by atoms with Gasteiger partial charge in [0.15, 0.2) is 6.10 Å². The fourth-order valence-electron chi connectivity index (χ4n) is 8.89. The van der Waals surface area contributed by atoms with Crippen molar-refractivity contribution >= 4 is 17.9 Å². The molecule has 9 heteroatoms. The van der Waals surface area contributed by atoms with E-state index in [1.807, 2.05) is 21.1 Å². The summed E-state index contributed by atoms with van der Waals surface area (Å²) in [4.78, 5) is 37.4. The van der Waals surface area contributed by atoms with E-state index in [-0.39, 0.29) is 32.2 Å². The van der Waals surface area contributed by atoms with Gasteiger partial charge in [-0.05, 0) is 51.4 Å². The van der Waals surface area contributed by atoms with Gasteiger partial charge in [-0.15, -0.1) is 0 Å². The smallest absolute Gasteiger partial charge is 0.361 e. The second kappa shape index (κ2) is 55.5. The Morgan fingerprint density at radius 3 is 1.16 bits per heavy atom. The molecular formula is C64H118NO8+. The average molecular weight is 1030 g/mol. The zero-order chi connectivity index (χ0) is 53.4. The van der Waals surface area contributed by atoms with Gasteiger partial charge < -0.3 is 28.5 Å². The van der Waals surface area contributed by atoms with Crippen molar-refractivity contribution in [3.63, 3.8) is 0 Å². The molecule has 0 aromatic rings. The number of carboxylic acid groups (broad SMARTS) is 1. The summed E-state index contributed by atoms with van der Waals surface area (Å²) in [5.41, 5.74) is 0. The summed E-state index contributed by atoms with van der Waals surface area (Å²) in [5.74, 6) is -2.05. The van der Waals surface area contributed by atoms with Crippen molar-refractivity contribution in [1.29, 1.82) is 0 Å². The Morgan fingerprint density at radius 2 is 0.781 bits per heavy atom. The molecule has 0 aliphatic rings. The minimum atomic E-state index is -1.52. The monoisotopic (exact) mass is 1030 g/mol. The van der Waals surface area contributed by atoms with E-state index in [4.69, 9.17) is 18.9 Å². The molecule has 0 amide bonds. The fourth-order valence-corrected chi connectivity index (χ4v) is 8.89. The van der Waals surface area contributed by atoms with Crippen LogP contribution in [0.15, 0.2) is 48.6 Å². The minimum absolute atomic E-state index is 0.179. The summed E-state index contributed by atoms with van der Waals surface area (Å²) >= 11 is 0. The molecular weight excluding hydrogens is 911 g/mol. The number of carbonyl (C=O) groups is 3. The lowest BCUT2D eigenvalue weighted by atomic mass is 10.0. The largest absolute Gasteiger partial charge is 0.477 e. The molecule has 0 aliphatic heterocycles. The molecule has 2 unspecified atom stereocenters. The normalized spacial score (nSPS) is 13.1. The SMILES string of the molecule is CC/C=C\C/C=C\C/C=C\C/C=C\CCCCC(=O)OC(COC(=O)CCCCCCCCCCCCCCCCCCCCCCCCCCCCCCCCCCC)COC(OCC[N+](C)(C)C)C(=O)O. The first-order valence-electron chi connectivity index (χ1n) is 30.8. The summed E-state index contributed by atoms with van der Waals surface area (Å²) in [6.45, 7) is 4.74. The number of likely N-dealkylation sites (N-methyl/N-ethyl adjacent to an activating group) is 1. The van der Waals surface area contributed by atoms with E-state index in [0.717, 1.165) is 57.8 Å². The van der Waals surface area contributed by atoms with E-state index >= 15 is 0 Å². The summed E-state index contributed by atoms with van der Waals surface area (Å²) in [6.07, 6.45) is 66.7. The molecule has 1 N–H and O–H groups in total. The third kappa shape index (κ3) is 56.8. The average Bonchev–Trinajstić information content (AvgIpc) is 3.36. The van der Waals surface area contributed by atoms with Gasteiger partial charge in [-0.1, -0.05) is 268 Å². The van der Waals surface area contributed by atoms with Crippen LogP contribution < -0.4 is 0 Å². The predicted octanol–water partition coefficient (Wildman–Crippen LogP) is 18.2. The minimum Gasteiger partial charge on any atom is -0.477 e. The van der Waals surface area contributed by atoms with E-state index in [1.165, 1.54) is 193 Å². The van der Waals surface area contributed by atoms with Crippen LogP contribution in [0.1, 0.15) is 284 Å². The van der Waals surface area contributed by atoms with E-state index in [2.05, 4.69) is 62.5 Å². The van der Waals surface area contributed by atoms with Gasteiger partial charge in [0.05, 0.1) is 34.4 Å². The number of aliphatic carboxylic acids is 1. The quantitative estimate of drug-likeness (QED) is 0.0211. The van der Waals surface area contributed by atoms with E-state index in [1.54, 1.807) is 0 Å². The summed E-state index contributed by atoms with van der Waals surface area (Å²) in [6, 6.07) is 0. The molecule has 0 rings (SSSR count). The highest BCUT2D eigenvalue weighted by atomic mass is 16.7.